The second-order valence-electron chi connectivity index (χ2n) is 9.02. The molecule has 1 aromatic heterocycles. The van der Waals surface area contributed by atoms with Gasteiger partial charge < -0.3 is 9.80 Å². The lowest BCUT2D eigenvalue weighted by atomic mass is 9.70. The predicted molar refractivity (Wildman–Crippen MR) is 101 cm³/mol. The van der Waals surface area contributed by atoms with Gasteiger partial charge in [-0.25, -0.2) is 0 Å². The molecule has 4 rings (SSSR count). The topological polar surface area (TPSA) is 82.2 Å². The van der Waals surface area contributed by atoms with E-state index in [2.05, 4.69) is 34.2 Å². The highest BCUT2D eigenvalue weighted by molar-refractivity contribution is 5.93. The van der Waals surface area contributed by atoms with Crippen molar-refractivity contribution in [3.8, 4) is 0 Å². The second kappa shape index (κ2) is 7.24. The average molecular weight is 374 g/mol. The lowest BCUT2D eigenvalue weighted by molar-refractivity contribution is -0.152. The SMILES string of the molecule is Cc1n[nH]nc1C(=O)N1C[C@H]2C[C@@H](C1)[C@H](CCC(C)C)N1C(=O)CCC[C@@H]21. The van der Waals surface area contributed by atoms with Gasteiger partial charge in [-0.3, -0.25) is 9.59 Å². The summed E-state index contributed by atoms with van der Waals surface area (Å²) < 4.78 is 0. The Balaban J connectivity index is 1.59. The molecule has 3 aliphatic heterocycles. The summed E-state index contributed by atoms with van der Waals surface area (Å²) in [7, 11) is 0. The molecule has 4 heterocycles. The third-order valence-electron chi connectivity index (χ3n) is 6.75. The molecule has 1 N–H and O–H groups in total. The van der Waals surface area contributed by atoms with Crippen LogP contribution in [0.15, 0.2) is 0 Å². The molecule has 0 aromatic carbocycles. The van der Waals surface area contributed by atoms with E-state index in [0.29, 0.717) is 47.5 Å². The molecule has 0 aliphatic carbocycles. The molecule has 0 saturated carbocycles. The van der Waals surface area contributed by atoms with Gasteiger partial charge in [0.25, 0.3) is 5.91 Å². The number of carbonyl (C=O) groups is 2. The Kier molecular flexibility index (Phi) is 4.95. The van der Waals surface area contributed by atoms with Crippen molar-refractivity contribution in [3.05, 3.63) is 11.4 Å². The second-order valence-corrected chi connectivity index (χ2v) is 9.02. The lowest BCUT2D eigenvalue weighted by Crippen LogP contribution is -2.65. The van der Waals surface area contributed by atoms with Crippen LogP contribution in [0.5, 0.6) is 0 Å². The predicted octanol–water partition coefficient (Wildman–Crippen LogP) is 2.39. The van der Waals surface area contributed by atoms with Gasteiger partial charge in [0.05, 0.1) is 5.69 Å². The summed E-state index contributed by atoms with van der Waals surface area (Å²) in [4.78, 5) is 30.0. The summed E-state index contributed by atoms with van der Waals surface area (Å²) in [5.41, 5.74) is 1.09. The molecule has 0 radical (unpaired) electrons. The van der Waals surface area contributed by atoms with Gasteiger partial charge in [-0.05, 0) is 56.8 Å². The van der Waals surface area contributed by atoms with Crippen LogP contribution < -0.4 is 0 Å². The summed E-state index contributed by atoms with van der Waals surface area (Å²) >= 11 is 0. The van der Waals surface area contributed by atoms with Gasteiger partial charge in [-0.2, -0.15) is 15.4 Å². The minimum Gasteiger partial charge on any atom is -0.336 e. The van der Waals surface area contributed by atoms with Crippen LogP contribution in [0.1, 0.15) is 68.6 Å². The number of nitrogens with zero attached hydrogens (tertiary/aromatic N) is 4. The number of aromatic amines is 1. The summed E-state index contributed by atoms with van der Waals surface area (Å²) in [6.07, 6.45) is 6.05. The summed E-state index contributed by atoms with van der Waals surface area (Å²) in [6.45, 7) is 7.75. The van der Waals surface area contributed by atoms with Crippen molar-refractivity contribution >= 4 is 11.8 Å². The molecule has 2 bridgehead atoms. The van der Waals surface area contributed by atoms with Crippen LogP contribution in [-0.4, -0.2) is 62.2 Å². The smallest absolute Gasteiger partial charge is 0.276 e. The first-order chi connectivity index (χ1) is 13.0. The van der Waals surface area contributed by atoms with E-state index in [1.165, 1.54) is 0 Å². The van der Waals surface area contributed by atoms with Crippen LogP contribution in [0.2, 0.25) is 0 Å². The van der Waals surface area contributed by atoms with Crippen LogP contribution in [0.25, 0.3) is 0 Å². The zero-order valence-corrected chi connectivity index (χ0v) is 16.6. The fourth-order valence-electron chi connectivity index (χ4n) is 5.45. The largest absolute Gasteiger partial charge is 0.336 e. The van der Waals surface area contributed by atoms with Crippen molar-refractivity contribution in [1.82, 2.24) is 25.2 Å². The number of H-pyrrole nitrogens is 1. The zero-order valence-electron chi connectivity index (χ0n) is 16.6. The number of amides is 2. The molecule has 3 aliphatic rings. The van der Waals surface area contributed by atoms with Gasteiger partial charge in [-0.1, -0.05) is 13.8 Å². The van der Waals surface area contributed by atoms with Crippen molar-refractivity contribution in [2.45, 2.75) is 71.4 Å². The van der Waals surface area contributed by atoms with E-state index < -0.39 is 0 Å². The standard InChI is InChI=1S/C20H31N5O2/c1-12(2)7-8-17-15-9-14(16-5-4-6-18(26)25(16)17)10-24(11-15)20(27)19-13(3)21-23-22-19/h12,14-17H,4-11H2,1-3H3,(H,21,22,23)/t14-,15+,16+,17+/m1/s1. The fourth-order valence-corrected chi connectivity index (χ4v) is 5.45. The van der Waals surface area contributed by atoms with E-state index in [1.807, 2.05) is 11.8 Å². The highest BCUT2D eigenvalue weighted by Gasteiger charge is 2.50. The van der Waals surface area contributed by atoms with Crippen LogP contribution >= 0.6 is 0 Å². The fraction of sp³-hybridized carbons (Fsp3) is 0.800. The normalized spacial score (nSPS) is 30.6. The number of nitrogens with one attached hydrogen (secondary N) is 1. The third kappa shape index (κ3) is 3.36. The molecule has 7 nitrogen and oxygen atoms in total. The number of fused-ring (bicyclic) bond motifs is 4. The van der Waals surface area contributed by atoms with Crippen LogP contribution in [-0.2, 0) is 4.79 Å². The highest BCUT2D eigenvalue weighted by atomic mass is 16.2. The molecule has 0 spiro atoms. The summed E-state index contributed by atoms with van der Waals surface area (Å²) in [5.74, 6) is 1.70. The lowest BCUT2D eigenvalue weighted by Gasteiger charge is -2.56. The van der Waals surface area contributed by atoms with Crippen molar-refractivity contribution in [2.75, 3.05) is 13.1 Å². The quantitative estimate of drug-likeness (QED) is 0.878. The van der Waals surface area contributed by atoms with E-state index in [4.69, 9.17) is 0 Å². The van der Waals surface area contributed by atoms with E-state index in [9.17, 15) is 9.59 Å². The maximum atomic E-state index is 13.0. The number of piperidine rings is 3. The van der Waals surface area contributed by atoms with Gasteiger partial charge in [0, 0.05) is 31.6 Å². The monoisotopic (exact) mass is 373 g/mol. The Bertz CT molecular complexity index is 715. The van der Waals surface area contributed by atoms with E-state index >= 15 is 0 Å². The highest BCUT2D eigenvalue weighted by Crippen LogP contribution is 2.43. The van der Waals surface area contributed by atoms with Gasteiger partial charge in [0.1, 0.15) is 0 Å². The Morgan fingerprint density at radius 2 is 2.04 bits per heavy atom. The van der Waals surface area contributed by atoms with Crippen LogP contribution in [0, 0.1) is 24.7 Å². The molecule has 3 saturated heterocycles. The third-order valence-corrected chi connectivity index (χ3v) is 6.75. The van der Waals surface area contributed by atoms with Crippen LogP contribution in [0.3, 0.4) is 0 Å². The van der Waals surface area contributed by atoms with Gasteiger partial charge in [-0.15, -0.1) is 0 Å². The molecule has 27 heavy (non-hydrogen) atoms. The number of hydrogen-bond acceptors (Lipinski definition) is 4. The summed E-state index contributed by atoms with van der Waals surface area (Å²) in [5, 5.41) is 10.6. The first kappa shape index (κ1) is 18.4. The number of rotatable bonds is 4. The Morgan fingerprint density at radius 3 is 2.74 bits per heavy atom. The Morgan fingerprint density at radius 1 is 1.26 bits per heavy atom. The molecule has 0 unspecified atom stereocenters. The maximum Gasteiger partial charge on any atom is 0.276 e. The van der Waals surface area contributed by atoms with E-state index in [0.717, 1.165) is 45.2 Å². The van der Waals surface area contributed by atoms with Crippen molar-refractivity contribution < 1.29 is 9.59 Å². The molecule has 1 aromatic rings. The first-order valence-corrected chi connectivity index (χ1v) is 10.4. The molecular formula is C20H31N5O2. The first-order valence-electron chi connectivity index (χ1n) is 10.4. The van der Waals surface area contributed by atoms with Crippen molar-refractivity contribution in [2.24, 2.45) is 17.8 Å². The molecule has 148 valence electrons. The zero-order chi connectivity index (χ0) is 19.1. The van der Waals surface area contributed by atoms with Gasteiger partial charge in [0.2, 0.25) is 5.91 Å². The molecular weight excluding hydrogens is 342 g/mol. The molecule has 7 heteroatoms. The molecule has 4 atom stereocenters. The van der Waals surface area contributed by atoms with Crippen molar-refractivity contribution in [3.63, 3.8) is 0 Å². The van der Waals surface area contributed by atoms with Gasteiger partial charge in [0.15, 0.2) is 5.69 Å². The minimum absolute atomic E-state index is 0.0193. The Labute approximate surface area is 160 Å². The van der Waals surface area contributed by atoms with E-state index in [-0.39, 0.29) is 11.9 Å². The van der Waals surface area contributed by atoms with E-state index in [1.54, 1.807) is 0 Å². The Hall–Kier alpha value is -1.92. The number of aromatic nitrogens is 3. The summed E-state index contributed by atoms with van der Waals surface area (Å²) in [6, 6.07) is 0.573. The number of carbonyl (C=O) groups excluding carboxylic acids is 2. The minimum atomic E-state index is -0.0193. The maximum absolute atomic E-state index is 13.0. The number of hydrogen-bond donors (Lipinski definition) is 1. The average Bonchev–Trinajstić information content (AvgIpc) is 3.07. The van der Waals surface area contributed by atoms with Crippen LogP contribution in [0.4, 0.5) is 0 Å². The number of likely N-dealkylation sites (tertiary alicyclic amines) is 1. The van der Waals surface area contributed by atoms with Crippen molar-refractivity contribution in [1.29, 1.82) is 0 Å². The number of aryl methyl sites for hydroxylation is 1. The molecule has 2 amide bonds. The van der Waals surface area contributed by atoms with Gasteiger partial charge >= 0.3 is 0 Å². The molecule has 3 fully saturated rings.